The van der Waals surface area contributed by atoms with Crippen LogP contribution >= 0.6 is 0 Å². The van der Waals surface area contributed by atoms with Gasteiger partial charge in [0.15, 0.2) is 5.67 Å². The summed E-state index contributed by atoms with van der Waals surface area (Å²) < 4.78 is 14.6. The van der Waals surface area contributed by atoms with E-state index in [2.05, 4.69) is 39.0 Å². The molecule has 0 radical (unpaired) electrons. The fourth-order valence-corrected chi connectivity index (χ4v) is 4.46. The van der Waals surface area contributed by atoms with Crippen LogP contribution in [0.3, 0.4) is 0 Å². The molecule has 0 spiro atoms. The molecule has 0 bridgehead atoms. The van der Waals surface area contributed by atoms with Crippen molar-refractivity contribution < 1.29 is 9.50 Å². The fraction of sp³-hybridized carbons (Fsp3) is 0.500. The second kappa shape index (κ2) is 8.37. The summed E-state index contributed by atoms with van der Waals surface area (Å²) in [6.45, 7) is 8.35. The molecule has 2 saturated heterocycles. The first-order valence-electron chi connectivity index (χ1n) is 11.6. The summed E-state index contributed by atoms with van der Waals surface area (Å²) in [5.74, 6) is 3.02. The Kier molecular flexibility index (Phi) is 5.52. The van der Waals surface area contributed by atoms with Crippen LogP contribution in [0.5, 0.6) is 0 Å². The predicted octanol–water partition coefficient (Wildman–Crippen LogP) is 3.80. The van der Waals surface area contributed by atoms with Gasteiger partial charge in [0, 0.05) is 43.6 Å². The zero-order valence-corrected chi connectivity index (χ0v) is 19.3. The zero-order valence-electron chi connectivity index (χ0n) is 19.3. The van der Waals surface area contributed by atoms with Crippen LogP contribution in [0.2, 0.25) is 0 Å². The first kappa shape index (κ1) is 21.8. The van der Waals surface area contributed by atoms with Gasteiger partial charge in [0.05, 0.1) is 12.6 Å². The molecule has 33 heavy (non-hydrogen) atoms. The van der Waals surface area contributed by atoms with Gasteiger partial charge in [-0.3, -0.25) is 0 Å². The quantitative estimate of drug-likeness (QED) is 0.606. The van der Waals surface area contributed by atoms with Crippen molar-refractivity contribution >= 4 is 34.2 Å². The van der Waals surface area contributed by atoms with Crippen LogP contribution in [-0.4, -0.2) is 63.0 Å². The topological polar surface area (TPSA) is 90.3 Å². The normalized spacial score (nSPS) is 23.2. The Morgan fingerprint density at radius 3 is 2.61 bits per heavy atom. The molecule has 0 unspecified atom stereocenters. The van der Waals surface area contributed by atoms with E-state index >= 15 is 0 Å². The van der Waals surface area contributed by atoms with Gasteiger partial charge in [0.25, 0.3) is 0 Å². The average molecular weight is 452 g/mol. The summed E-state index contributed by atoms with van der Waals surface area (Å²) in [5.41, 5.74) is -0.516. The standard InChI is InChI=1S/C24H30FN7O/c1-15(2)17-12-28-22(31-8-4-9-31)18-13-27-21(11-16(17)18)29-20-5-7-26-23(30-20)32-10-6-19(33)24(3,25)14-32/h5,7,11-13,15,19,33H,4,6,8-10,14H2,1-3H3,(H,26,27,29,30)/t19-,24+/m1/s1. The fourth-order valence-electron chi connectivity index (χ4n) is 4.46. The van der Waals surface area contributed by atoms with E-state index in [0.29, 0.717) is 36.5 Å². The van der Waals surface area contributed by atoms with E-state index in [9.17, 15) is 9.50 Å². The lowest BCUT2D eigenvalue weighted by Crippen LogP contribution is -2.52. The van der Waals surface area contributed by atoms with Crippen molar-refractivity contribution in [2.75, 3.05) is 41.3 Å². The number of nitrogens with one attached hydrogen (secondary N) is 1. The Labute approximate surface area is 192 Å². The van der Waals surface area contributed by atoms with Gasteiger partial charge >= 0.3 is 0 Å². The molecule has 3 aromatic rings. The van der Waals surface area contributed by atoms with E-state index in [-0.39, 0.29) is 6.54 Å². The van der Waals surface area contributed by atoms with Crippen molar-refractivity contribution in [2.45, 2.75) is 51.3 Å². The zero-order chi connectivity index (χ0) is 23.2. The van der Waals surface area contributed by atoms with Crippen molar-refractivity contribution in [1.29, 1.82) is 0 Å². The molecule has 2 fully saturated rings. The molecule has 8 nitrogen and oxygen atoms in total. The number of halogens is 1. The van der Waals surface area contributed by atoms with Crippen LogP contribution in [0.1, 0.15) is 45.1 Å². The monoisotopic (exact) mass is 451 g/mol. The number of hydrogen-bond donors (Lipinski definition) is 2. The highest BCUT2D eigenvalue weighted by molar-refractivity contribution is 5.96. The van der Waals surface area contributed by atoms with Crippen LogP contribution in [0.25, 0.3) is 10.8 Å². The second-order valence-corrected chi connectivity index (χ2v) is 9.52. The molecule has 9 heteroatoms. The predicted molar refractivity (Wildman–Crippen MR) is 128 cm³/mol. The molecular formula is C24H30FN7O. The van der Waals surface area contributed by atoms with Crippen molar-refractivity contribution in [2.24, 2.45) is 0 Å². The van der Waals surface area contributed by atoms with Crippen LogP contribution in [-0.2, 0) is 0 Å². The number of aromatic nitrogens is 4. The molecule has 2 N–H and O–H groups in total. The lowest BCUT2D eigenvalue weighted by Gasteiger charge is -2.38. The maximum atomic E-state index is 14.6. The van der Waals surface area contributed by atoms with Crippen LogP contribution < -0.4 is 15.1 Å². The Hall–Kier alpha value is -3.07. The van der Waals surface area contributed by atoms with Gasteiger partial charge in [-0.15, -0.1) is 0 Å². The number of nitrogens with zero attached hydrogens (tertiary/aromatic N) is 6. The van der Waals surface area contributed by atoms with Gasteiger partial charge < -0.3 is 20.2 Å². The van der Waals surface area contributed by atoms with Crippen molar-refractivity contribution in [3.63, 3.8) is 0 Å². The Morgan fingerprint density at radius 2 is 1.91 bits per heavy atom. The number of fused-ring (bicyclic) bond motifs is 1. The second-order valence-electron chi connectivity index (χ2n) is 9.52. The molecule has 174 valence electrons. The van der Waals surface area contributed by atoms with Crippen LogP contribution in [0, 0.1) is 0 Å². The van der Waals surface area contributed by atoms with Crippen molar-refractivity contribution in [1.82, 2.24) is 19.9 Å². The average Bonchev–Trinajstić information content (AvgIpc) is 2.74. The van der Waals surface area contributed by atoms with Gasteiger partial charge in [-0.05, 0) is 48.8 Å². The minimum atomic E-state index is -1.69. The molecule has 5 rings (SSSR count). The van der Waals surface area contributed by atoms with E-state index in [1.165, 1.54) is 18.9 Å². The van der Waals surface area contributed by atoms with Gasteiger partial charge in [-0.2, -0.15) is 4.98 Å². The smallest absolute Gasteiger partial charge is 0.227 e. The number of rotatable bonds is 5. The summed E-state index contributed by atoms with van der Waals surface area (Å²) in [5, 5.41) is 15.4. The molecule has 0 saturated carbocycles. The number of aliphatic hydroxyl groups is 1. The van der Waals surface area contributed by atoms with Crippen LogP contribution in [0.4, 0.5) is 27.8 Å². The van der Waals surface area contributed by atoms with E-state index in [0.717, 1.165) is 29.7 Å². The maximum absolute atomic E-state index is 14.6. The highest BCUT2D eigenvalue weighted by atomic mass is 19.1. The first-order valence-corrected chi connectivity index (χ1v) is 11.6. The largest absolute Gasteiger partial charge is 0.390 e. The third-order valence-corrected chi connectivity index (χ3v) is 6.61. The molecule has 2 atom stereocenters. The molecule has 0 aromatic carbocycles. The molecule has 2 aliphatic rings. The van der Waals surface area contributed by atoms with E-state index in [1.807, 2.05) is 18.5 Å². The van der Waals surface area contributed by atoms with E-state index < -0.39 is 11.8 Å². The van der Waals surface area contributed by atoms with Crippen molar-refractivity contribution in [3.05, 3.63) is 36.3 Å². The Bertz CT molecular complexity index is 1160. The third-order valence-electron chi connectivity index (χ3n) is 6.61. The number of alkyl halides is 1. The molecule has 3 aromatic heterocycles. The summed E-state index contributed by atoms with van der Waals surface area (Å²) in [6, 6.07) is 3.82. The lowest BCUT2D eigenvalue weighted by atomic mass is 9.94. The maximum Gasteiger partial charge on any atom is 0.227 e. The SMILES string of the molecule is CC(C)c1cnc(N2CCC2)c2cnc(Nc3ccnc(N4CC[C@@H](O)[C@@](C)(F)C4)n3)cc12. The van der Waals surface area contributed by atoms with Gasteiger partial charge in [-0.1, -0.05) is 13.8 Å². The lowest BCUT2D eigenvalue weighted by molar-refractivity contribution is -0.00860. The van der Waals surface area contributed by atoms with E-state index in [1.54, 1.807) is 17.2 Å². The highest BCUT2D eigenvalue weighted by Gasteiger charge is 2.39. The molecule has 0 amide bonds. The van der Waals surface area contributed by atoms with Gasteiger partial charge in [0.1, 0.15) is 17.5 Å². The molecular weight excluding hydrogens is 421 g/mol. The van der Waals surface area contributed by atoms with Crippen LogP contribution in [0.15, 0.2) is 30.7 Å². The van der Waals surface area contributed by atoms with Gasteiger partial charge in [-0.25, -0.2) is 19.3 Å². The Morgan fingerprint density at radius 1 is 1.09 bits per heavy atom. The van der Waals surface area contributed by atoms with Crippen molar-refractivity contribution in [3.8, 4) is 0 Å². The summed E-state index contributed by atoms with van der Waals surface area (Å²) in [7, 11) is 0. The van der Waals surface area contributed by atoms with Gasteiger partial charge in [0.2, 0.25) is 5.95 Å². The third kappa shape index (κ3) is 4.17. The summed E-state index contributed by atoms with van der Waals surface area (Å²) >= 11 is 0. The Balaban J connectivity index is 1.44. The summed E-state index contributed by atoms with van der Waals surface area (Å²) in [6.07, 6.45) is 6.07. The number of piperidine rings is 1. The molecule has 0 aliphatic carbocycles. The minimum Gasteiger partial charge on any atom is -0.390 e. The van der Waals surface area contributed by atoms with E-state index in [4.69, 9.17) is 4.98 Å². The minimum absolute atomic E-state index is 0.0515. The highest BCUT2D eigenvalue weighted by Crippen LogP contribution is 2.34. The molecule has 5 heterocycles. The number of hydrogen-bond acceptors (Lipinski definition) is 8. The molecule has 2 aliphatic heterocycles. The first-order chi connectivity index (χ1) is 15.8. The number of anilines is 4. The number of pyridine rings is 2. The number of aliphatic hydroxyl groups excluding tert-OH is 1. The summed E-state index contributed by atoms with van der Waals surface area (Å²) in [4.78, 5) is 22.3.